The highest BCUT2D eigenvalue weighted by molar-refractivity contribution is 7.99. The second kappa shape index (κ2) is 10.4. The van der Waals surface area contributed by atoms with Crippen LogP contribution >= 0.6 is 11.8 Å². The number of amides is 1. The summed E-state index contributed by atoms with van der Waals surface area (Å²) in [5.74, 6) is 0.168. The van der Waals surface area contributed by atoms with Crippen molar-refractivity contribution in [3.8, 4) is 11.4 Å². The van der Waals surface area contributed by atoms with E-state index in [4.69, 9.17) is 5.14 Å². The van der Waals surface area contributed by atoms with Crippen molar-refractivity contribution in [2.24, 2.45) is 11.1 Å². The van der Waals surface area contributed by atoms with E-state index in [1.165, 1.54) is 30.0 Å². The van der Waals surface area contributed by atoms with Crippen molar-refractivity contribution >= 4 is 27.7 Å². The Labute approximate surface area is 196 Å². The molecule has 0 saturated heterocycles. The van der Waals surface area contributed by atoms with Crippen LogP contribution in [0.3, 0.4) is 0 Å². The number of rotatable bonds is 9. The third kappa shape index (κ3) is 6.40. The van der Waals surface area contributed by atoms with Crippen LogP contribution < -0.4 is 10.5 Å². The molecule has 0 fully saturated rings. The molecule has 1 atom stereocenters. The number of nitrogens with one attached hydrogen (secondary N) is 1. The van der Waals surface area contributed by atoms with E-state index >= 15 is 0 Å². The Morgan fingerprint density at radius 3 is 2.39 bits per heavy atom. The van der Waals surface area contributed by atoms with Crippen LogP contribution in [0.2, 0.25) is 0 Å². The van der Waals surface area contributed by atoms with E-state index in [2.05, 4.69) is 15.5 Å². The molecule has 0 spiro atoms. The van der Waals surface area contributed by atoms with Gasteiger partial charge in [0.15, 0.2) is 11.0 Å². The average molecular weight is 492 g/mol. The quantitative estimate of drug-likeness (QED) is 0.443. The molecule has 1 heterocycles. The molecule has 3 N–H and O–H groups in total. The predicted molar refractivity (Wildman–Crippen MR) is 125 cm³/mol. The van der Waals surface area contributed by atoms with Gasteiger partial charge in [-0.25, -0.2) is 17.9 Å². The first-order chi connectivity index (χ1) is 15.6. The maximum absolute atomic E-state index is 14.3. The number of sulfonamides is 1. The van der Waals surface area contributed by atoms with Crippen molar-refractivity contribution in [3.05, 3.63) is 59.9 Å². The van der Waals surface area contributed by atoms with E-state index in [-0.39, 0.29) is 34.3 Å². The maximum Gasteiger partial charge on any atom is 0.238 e. The van der Waals surface area contributed by atoms with E-state index in [0.29, 0.717) is 23.1 Å². The van der Waals surface area contributed by atoms with E-state index in [1.54, 1.807) is 37.3 Å². The van der Waals surface area contributed by atoms with Crippen LogP contribution in [0.15, 0.2) is 58.6 Å². The molecule has 11 heteroatoms. The van der Waals surface area contributed by atoms with Crippen LogP contribution in [0.4, 0.5) is 4.39 Å². The molecule has 0 aliphatic rings. The van der Waals surface area contributed by atoms with Crippen LogP contribution in [-0.2, 0) is 21.4 Å². The maximum atomic E-state index is 14.3. The van der Waals surface area contributed by atoms with Crippen LogP contribution in [0.1, 0.15) is 32.4 Å². The molecular weight excluding hydrogens is 465 g/mol. The summed E-state index contributed by atoms with van der Waals surface area (Å²) in [5, 5.41) is 16.9. The molecule has 1 amide bonds. The molecule has 3 rings (SSSR count). The first-order valence-electron chi connectivity index (χ1n) is 10.3. The van der Waals surface area contributed by atoms with Gasteiger partial charge in [-0.3, -0.25) is 4.79 Å². The molecular formula is C22H26FN5O3S2. The molecule has 176 valence electrons. The molecule has 0 bridgehead atoms. The standard InChI is InChI=1S/C22H26FN5O3S2/c1-14(2)12-28-21(18-6-4-5-7-19(18)23)26-27-22(28)32-13-20(29)25-15(3)16-8-10-17(11-9-16)33(24,30)31/h4-11,14-15H,12-13H2,1-3H3,(H,25,29)(H2,24,30,31)/t15-/m0/s1. The molecule has 2 aromatic carbocycles. The van der Waals surface area contributed by atoms with Gasteiger partial charge in [-0.2, -0.15) is 0 Å². The van der Waals surface area contributed by atoms with E-state index in [1.807, 2.05) is 18.4 Å². The third-order valence-corrected chi connectivity index (χ3v) is 6.69. The largest absolute Gasteiger partial charge is 0.349 e. The van der Waals surface area contributed by atoms with Crippen molar-refractivity contribution in [1.29, 1.82) is 0 Å². The first kappa shape index (κ1) is 24.9. The Morgan fingerprint density at radius 2 is 1.79 bits per heavy atom. The number of hydrogen-bond donors (Lipinski definition) is 2. The van der Waals surface area contributed by atoms with Gasteiger partial charge in [-0.1, -0.05) is 49.9 Å². The smallest absolute Gasteiger partial charge is 0.238 e. The zero-order valence-corrected chi connectivity index (χ0v) is 20.2. The normalized spacial score (nSPS) is 12.7. The Bertz CT molecular complexity index is 1230. The highest BCUT2D eigenvalue weighted by Crippen LogP contribution is 2.27. The van der Waals surface area contributed by atoms with Crippen LogP contribution in [0, 0.1) is 11.7 Å². The van der Waals surface area contributed by atoms with E-state index < -0.39 is 10.0 Å². The van der Waals surface area contributed by atoms with Gasteiger partial charge in [0.05, 0.1) is 22.3 Å². The van der Waals surface area contributed by atoms with Crippen LogP contribution in [0.25, 0.3) is 11.4 Å². The number of thioether (sulfide) groups is 1. The second-order valence-corrected chi connectivity index (χ2v) is 10.5. The molecule has 1 aromatic heterocycles. The van der Waals surface area contributed by atoms with Gasteiger partial charge >= 0.3 is 0 Å². The topological polar surface area (TPSA) is 120 Å². The minimum absolute atomic E-state index is 0.00970. The third-order valence-electron chi connectivity index (χ3n) is 4.80. The Hall–Kier alpha value is -2.76. The van der Waals surface area contributed by atoms with Crippen molar-refractivity contribution in [3.63, 3.8) is 0 Å². The fraction of sp³-hybridized carbons (Fsp3) is 0.318. The molecule has 0 aliphatic heterocycles. The van der Waals surface area contributed by atoms with Crippen molar-refractivity contribution in [2.75, 3.05) is 5.75 Å². The lowest BCUT2D eigenvalue weighted by molar-refractivity contribution is -0.119. The Balaban J connectivity index is 1.69. The van der Waals surface area contributed by atoms with Gasteiger partial charge in [-0.05, 0) is 42.7 Å². The summed E-state index contributed by atoms with van der Waals surface area (Å²) in [5.41, 5.74) is 1.10. The minimum Gasteiger partial charge on any atom is -0.349 e. The van der Waals surface area contributed by atoms with E-state index in [9.17, 15) is 17.6 Å². The summed E-state index contributed by atoms with van der Waals surface area (Å²) < 4.78 is 38.9. The Kier molecular flexibility index (Phi) is 7.88. The SMILES string of the molecule is CC(C)Cn1c(SCC(=O)N[C@@H](C)c2ccc(S(N)(=O)=O)cc2)nnc1-c1ccccc1F. The van der Waals surface area contributed by atoms with Gasteiger partial charge in [0.2, 0.25) is 15.9 Å². The number of hydrogen-bond acceptors (Lipinski definition) is 6. The van der Waals surface area contributed by atoms with Crippen LogP contribution in [0.5, 0.6) is 0 Å². The number of aromatic nitrogens is 3. The number of primary sulfonamides is 1. The number of nitrogens with zero attached hydrogens (tertiary/aromatic N) is 3. The van der Waals surface area contributed by atoms with Gasteiger partial charge in [0.1, 0.15) is 5.82 Å². The summed E-state index contributed by atoms with van der Waals surface area (Å²) in [7, 11) is -3.77. The lowest BCUT2D eigenvalue weighted by atomic mass is 10.1. The van der Waals surface area contributed by atoms with Gasteiger partial charge < -0.3 is 9.88 Å². The molecule has 0 saturated carbocycles. The highest BCUT2D eigenvalue weighted by atomic mass is 32.2. The number of carbonyl (C=O) groups excluding carboxylic acids is 1. The summed E-state index contributed by atoms with van der Waals surface area (Å²) >= 11 is 1.22. The van der Waals surface area contributed by atoms with Gasteiger partial charge in [0, 0.05) is 6.54 Å². The highest BCUT2D eigenvalue weighted by Gasteiger charge is 2.19. The van der Waals surface area contributed by atoms with Crippen molar-refractivity contribution in [2.45, 2.75) is 43.4 Å². The van der Waals surface area contributed by atoms with E-state index in [0.717, 1.165) is 5.56 Å². The lowest BCUT2D eigenvalue weighted by Crippen LogP contribution is -2.28. The van der Waals surface area contributed by atoms with Crippen LogP contribution in [-0.4, -0.2) is 34.8 Å². The molecule has 0 aliphatic carbocycles. The molecule has 0 radical (unpaired) electrons. The summed E-state index contributed by atoms with van der Waals surface area (Å²) in [6, 6.07) is 12.1. The lowest BCUT2D eigenvalue weighted by Gasteiger charge is -2.15. The average Bonchev–Trinajstić information content (AvgIpc) is 3.13. The predicted octanol–water partition coefficient (Wildman–Crippen LogP) is 3.36. The summed E-state index contributed by atoms with van der Waals surface area (Å²) in [4.78, 5) is 12.5. The molecule has 33 heavy (non-hydrogen) atoms. The number of halogens is 1. The summed E-state index contributed by atoms with van der Waals surface area (Å²) in [6.07, 6.45) is 0. The van der Waals surface area contributed by atoms with Gasteiger partial charge in [0.25, 0.3) is 0 Å². The number of nitrogens with two attached hydrogens (primary N) is 1. The second-order valence-electron chi connectivity index (χ2n) is 7.98. The van der Waals surface area contributed by atoms with Gasteiger partial charge in [-0.15, -0.1) is 10.2 Å². The fourth-order valence-electron chi connectivity index (χ4n) is 3.21. The molecule has 0 unspecified atom stereocenters. The fourth-order valence-corrected chi connectivity index (χ4v) is 4.48. The summed E-state index contributed by atoms with van der Waals surface area (Å²) in [6.45, 7) is 6.45. The molecule has 3 aromatic rings. The monoisotopic (exact) mass is 491 g/mol. The molecule has 8 nitrogen and oxygen atoms in total. The zero-order chi connectivity index (χ0) is 24.2. The number of benzene rings is 2. The minimum atomic E-state index is -3.77. The van der Waals surface area contributed by atoms with Crippen molar-refractivity contribution in [1.82, 2.24) is 20.1 Å². The zero-order valence-electron chi connectivity index (χ0n) is 18.5. The first-order valence-corrected chi connectivity index (χ1v) is 12.8. The number of carbonyl (C=O) groups is 1. The van der Waals surface area contributed by atoms with Crippen molar-refractivity contribution < 1.29 is 17.6 Å². The Morgan fingerprint density at radius 1 is 1.12 bits per heavy atom.